The Morgan fingerprint density at radius 2 is 1.59 bits per heavy atom. The molecule has 2 amide bonds. The smallest absolute Gasteiger partial charge is 0.414 e. The number of halogens is 1. The zero-order valence-corrected chi connectivity index (χ0v) is 25.1. The van der Waals surface area contributed by atoms with Gasteiger partial charge in [-0.1, -0.05) is 30.3 Å². The summed E-state index contributed by atoms with van der Waals surface area (Å²) >= 11 is 0. The predicted octanol–water partition coefficient (Wildman–Crippen LogP) is 3.73. The van der Waals surface area contributed by atoms with Crippen LogP contribution in [0, 0.1) is 11.7 Å². The molecule has 2 fully saturated rings. The zero-order chi connectivity index (χ0) is 31.6. The van der Waals surface area contributed by atoms with Crippen LogP contribution in [0.4, 0.5) is 4.39 Å². The van der Waals surface area contributed by atoms with Gasteiger partial charge in [-0.3, -0.25) is 9.59 Å². The normalized spacial score (nSPS) is 16.3. The Balaban J connectivity index is 0.000000670. The Labute approximate surface area is 256 Å². The van der Waals surface area contributed by atoms with E-state index >= 15 is 0 Å². The molecule has 3 aromatic rings. The summed E-state index contributed by atoms with van der Waals surface area (Å²) < 4.78 is 16.3. The van der Waals surface area contributed by atoms with Gasteiger partial charge in [-0.2, -0.15) is 0 Å². The fourth-order valence-corrected chi connectivity index (χ4v) is 5.98. The average Bonchev–Trinajstić information content (AvgIpc) is 3.43. The maximum Gasteiger partial charge on any atom is 0.414 e. The summed E-state index contributed by atoms with van der Waals surface area (Å²) in [5.41, 5.74) is 3.02. The van der Waals surface area contributed by atoms with Gasteiger partial charge in [0, 0.05) is 63.9 Å². The number of carbonyl (C=O) groups is 4. The summed E-state index contributed by atoms with van der Waals surface area (Å²) in [7, 11) is 0. The third-order valence-corrected chi connectivity index (χ3v) is 8.59. The lowest BCUT2D eigenvalue weighted by molar-refractivity contribution is -0.159. The summed E-state index contributed by atoms with van der Waals surface area (Å²) in [6.45, 7) is 6.77. The second kappa shape index (κ2) is 15.5. The van der Waals surface area contributed by atoms with Crippen molar-refractivity contribution >= 4 is 34.7 Å². The second-order valence-electron chi connectivity index (χ2n) is 11.6. The number of hydrogen-bond donors (Lipinski definition) is 3. The van der Waals surface area contributed by atoms with Gasteiger partial charge in [0.25, 0.3) is 0 Å². The minimum atomic E-state index is -1.82. The SMILES string of the molecule is CC(=O)N1CCC(CNC(=O)Cc2ccc3ccn(C4CCN(CCc5ccccc5F)CC4)c3c2)CC1.O=C(O)C(=O)O. The number of likely N-dealkylation sites (tertiary alicyclic amines) is 2. The van der Waals surface area contributed by atoms with E-state index in [2.05, 4.69) is 45.2 Å². The number of benzene rings is 2. The number of carbonyl (C=O) groups excluding carboxylic acids is 2. The maximum absolute atomic E-state index is 14.0. The highest BCUT2D eigenvalue weighted by Gasteiger charge is 2.23. The van der Waals surface area contributed by atoms with Gasteiger partial charge in [-0.05, 0) is 72.7 Å². The maximum atomic E-state index is 14.0. The van der Waals surface area contributed by atoms with Gasteiger partial charge >= 0.3 is 11.9 Å². The lowest BCUT2D eigenvalue weighted by Crippen LogP contribution is -2.40. The fraction of sp³-hybridized carbons (Fsp3) is 0.455. The first-order valence-electron chi connectivity index (χ1n) is 15.1. The van der Waals surface area contributed by atoms with E-state index in [4.69, 9.17) is 19.8 Å². The molecule has 2 aliphatic rings. The van der Waals surface area contributed by atoms with Crippen LogP contribution in [0.5, 0.6) is 0 Å². The van der Waals surface area contributed by atoms with Crippen molar-refractivity contribution in [3.05, 3.63) is 71.7 Å². The first-order chi connectivity index (χ1) is 21.1. The highest BCUT2D eigenvalue weighted by molar-refractivity contribution is 6.27. The van der Waals surface area contributed by atoms with Gasteiger partial charge in [0.05, 0.1) is 6.42 Å². The van der Waals surface area contributed by atoms with Crippen LogP contribution in [0.15, 0.2) is 54.7 Å². The number of amides is 2. The number of rotatable bonds is 8. The number of nitrogens with zero attached hydrogens (tertiary/aromatic N) is 3. The molecule has 0 atom stereocenters. The van der Waals surface area contributed by atoms with Crippen LogP contribution in [-0.4, -0.2) is 87.6 Å². The first kappa shape index (κ1) is 32.7. The summed E-state index contributed by atoms with van der Waals surface area (Å²) in [5, 5.41) is 19.1. The second-order valence-corrected chi connectivity index (χ2v) is 11.6. The lowest BCUT2D eigenvalue weighted by atomic mass is 9.96. The molecule has 5 rings (SSSR count). The lowest BCUT2D eigenvalue weighted by Gasteiger charge is -2.33. The van der Waals surface area contributed by atoms with Crippen LogP contribution in [0.1, 0.15) is 49.8 Å². The van der Waals surface area contributed by atoms with Crippen molar-refractivity contribution < 1.29 is 33.8 Å². The number of fused-ring (bicyclic) bond motifs is 1. The van der Waals surface area contributed by atoms with E-state index in [1.165, 1.54) is 17.0 Å². The first-order valence-corrected chi connectivity index (χ1v) is 15.1. The molecule has 0 radical (unpaired) electrons. The standard InChI is InChI=1S/C31H39FN4O2.C2H2O4/c1-23(37)35-17-8-24(9-18-35)22-33-31(38)21-25-6-7-27-11-19-36(30(27)20-25)28-12-15-34(16-13-28)14-10-26-4-2-3-5-29(26)32;3-1(4)2(5)6/h2-7,11,19-20,24,28H,8-10,12-18,21-22H2,1H3,(H,33,38);(H,3,4)(H,5,6). The van der Waals surface area contributed by atoms with Gasteiger partial charge < -0.3 is 29.9 Å². The Morgan fingerprint density at radius 1 is 0.909 bits per heavy atom. The number of aromatic nitrogens is 1. The van der Waals surface area contributed by atoms with Gasteiger partial charge in [-0.15, -0.1) is 0 Å². The Kier molecular flexibility index (Phi) is 11.5. The highest BCUT2D eigenvalue weighted by Crippen LogP contribution is 2.29. The van der Waals surface area contributed by atoms with E-state index in [1.807, 2.05) is 17.0 Å². The van der Waals surface area contributed by atoms with Crippen molar-refractivity contribution in [2.24, 2.45) is 5.92 Å². The molecule has 2 aromatic carbocycles. The molecule has 0 spiro atoms. The number of nitrogens with one attached hydrogen (secondary N) is 1. The van der Waals surface area contributed by atoms with Crippen molar-refractivity contribution in [3.8, 4) is 0 Å². The largest absolute Gasteiger partial charge is 0.473 e. The van der Waals surface area contributed by atoms with E-state index < -0.39 is 11.9 Å². The number of carboxylic acid groups (broad SMARTS) is 2. The van der Waals surface area contributed by atoms with Gasteiger partial charge in [0.2, 0.25) is 11.8 Å². The van der Waals surface area contributed by atoms with Gasteiger partial charge in [-0.25, -0.2) is 14.0 Å². The zero-order valence-electron chi connectivity index (χ0n) is 25.1. The molecule has 236 valence electrons. The van der Waals surface area contributed by atoms with Crippen LogP contribution < -0.4 is 5.32 Å². The molecular formula is C33H41FN4O6. The molecule has 0 bridgehead atoms. The molecule has 3 N–H and O–H groups in total. The topological polar surface area (TPSA) is 132 Å². The van der Waals surface area contributed by atoms with Crippen LogP contribution in [-0.2, 0) is 32.0 Å². The Morgan fingerprint density at radius 3 is 2.23 bits per heavy atom. The quantitative estimate of drug-likeness (QED) is 0.332. The number of piperidine rings is 2. The van der Waals surface area contributed by atoms with Crippen molar-refractivity contribution in [2.75, 3.05) is 39.3 Å². The van der Waals surface area contributed by atoms with Gasteiger partial charge in [0.1, 0.15) is 5.82 Å². The highest BCUT2D eigenvalue weighted by atomic mass is 19.1. The molecule has 2 aliphatic heterocycles. The third kappa shape index (κ3) is 9.12. The van der Waals surface area contributed by atoms with Crippen LogP contribution in [0.2, 0.25) is 0 Å². The summed E-state index contributed by atoms with van der Waals surface area (Å²) in [4.78, 5) is 46.7. The molecule has 44 heavy (non-hydrogen) atoms. The minimum Gasteiger partial charge on any atom is -0.473 e. The van der Waals surface area contributed by atoms with Gasteiger partial charge in [0.15, 0.2) is 0 Å². The summed E-state index contributed by atoms with van der Waals surface area (Å²) in [6.07, 6.45) is 7.32. The van der Waals surface area contributed by atoms with E-state index in [0.717, 1.165) is 76.0 Å². The van der Waals surface area contributed by atoms with E-state index in [9.17, 15) is 14.0 Å². The number of aliphatic carboxylic acids is 2. The monoisotopic (exact) mass is 608 g/mol. The molecule has 3 heterocycles. The Hall–Kier alpha value is -4.25. The molecule has 11 heteroatoms. The van der Waals surface area contributed by atoms with Crippen LogP contribution in [0.3, 0.4) is 0 Å². The minimum absolute atomic E-state index is 0.0552. The third-order valence-electron chi connectivity index (χ3n) is 8.59. The van der Waals surface area contributed by atoms with Crippen molar-refractivity contribution in [3.63, 3.8) is 0 Å². The molecular weight excluding hydrogens is 567 g/mol. The fourth-order valence-electron chi connectivity index (χ4n) is 5.98. The molecule has 0 saturated carbocycles. The number of hydrogen-bond acceptors (Lipinski definition) is 5. The summed E-state index contributed by atoms with van der Waals surface area (Å²) in [5.74, 6) is -3.13. The van der Waals surface area contributed by atoms with Crippen molar-refractivity contribution in [1.29, 1.82) is 0 Å². The molecule has 0 unspecified atom stereocenters. The van der Waals surface area contributed by atoms with Crippen LogP contribution >= 0.6 is 0 Å². The summed E-state index contributed by atoms with van der Waals surface area (Å²) in [6, 6.07) is 16.0. The number of carboxylic acids is 2. The van der Waals surface area contributed by atoms with Crippen molar-refractivity contribution in [2.45, 2.75) is 51.5 Å². The molecule has 2 saturated heterocycles. The Bertz CT molecular complexity index is 1450. The average molecular weight is 609 g/mol. The molecule has 10 nitrogen and oxygen atoms in total. The van der Waals surface area contributed by atoms with E-state index in [1.54, 1.807) is 13.0 Å². The van der Waals surface area contributed by atoms with Crippen molar-refractivity contribution in [1.82, 2.24) is 19.7 Å². The molecule has 1 aromatic heterocycles. The predicted molar refractivity (Wildman–Crippen MR) is 164 cm³/mol. The van der Waals surface area contributed by atoms with E-state index in [0.29, 0.717) is 24.9 Å². The van der Waals surface area contributed by atoms with E-state index in [-0.39, 0.29) is 17.6 Å². The van der Waals surface area contributed by atoms with Crippen LogP contribution in [0.25, 0.3) is 10.9 Å². The molecule has 0 aliphatic carbocycles.